The van der Waals surface area contributed by atoms with Crippen molar-refractivity contribution < 1.29 is 117 Å². The van der Waals surface area contributed by atoms with E-state index in [2.05, 4.69) is 17.2 Å². The van der Waals surface area contributed by atoms with Crippen molar-refractivity contribution in [2.24, 2.45) is 0 Å². The van der Waals surface area contributed by atoms with E-state index in [1.807, 2.05) is 11.8 Å². The van der Waals surface area contributed by atoms with Crippen LogP contribution in [0.2, 0.25) is 0 Å². The largest absolute Gasteiger partial charge is 0.460 e. The van der Waals surface area contributed by atoms with Gasteiger partial charge in [-0.15, -0.1) is 5.10 Å². The maximum absolute atomic E-state index is 14.3. The summed E-state index contributed by atoms with van der Waals surface area (Å²) in [4.78, 5) is 0. The Morgan fingerprint density at radius 1 is 0.571 bits per heavy atom. The number of unbranched alkanes of at least 4 members (excludes halogenated alkanes) is 6. The highest BCUT2D eigenvalue weighted by Crippen LogP contribution is 2.64. The van der Waals surface area contributed by atoms with E-state index >= 15 is 0 Å². The molecule has 12 nitrogen and oxygen atoms in total. The monoisotopic (exact) mass is 1200 g/mol. The molecule has 3 rings (SSSR count). The lowest BCUT2D eigenvalue weighted by Gasteiger charge is -2.42. The third-order valence-electron chi connectivity index (χ3n) is 11.7. The lowest BCUT2D eigenvalue weighted by atomic mass is 9.88. The third-order valence-corrected chi connectivity index (χ3v) is 14.1. The fourth-order valence-electron chi connectivity index (χ4n) is 7.32. The van der Waals surface area contributed by atoms with Crippen LogP contribution in [0, 0.1) is 0 Å². The van der Waals surface area contributed by atoms with Crippen LogP contribution < -0.4 is 0 Å². The summed E-state index contributed by atoms with van der Waals surface area (Å²) in [5.41, 5.74) is 0.476. The minimum Gasteiger partial charge on any atom is -0.379 e. The van der Waals surface area contributed by atoms with Crippen LogP contribution in [0.15, 0.2) is 6.20 Å². The Balaban J connectivity index is 1.50. The van der Waals surface area contributed by atoms with Gasteiger partial charge in [0.1, 0.15) is 30.0 Å². The van der Waals surface area contributed by atoms with Crippen LogP contribution in [-0.2, 0) is 49.2 Å². The summed E-state index contributed by atoms with van der Waals surface area (Å²) >= 11 is 2.32. The van der Waals surface area contributed by atoms with Gasteiger partial charge >= 0.3 is 47.6 Å². The van der Waals surface area contributed by atoms with Gasteiger partial charge in [0.2, 0.25) is 0 Å². The van der Waals surface area contributed by atoms with Crippen molar-refractivity contribution in [1.82, 2.24) is 15.0 Å². The predicted octanol–water partition coefficient (Wildman–Crippen LogP) is 12.5. The fourth-order valence-corrected chi connectivity index (χ4v) is 9.24. The number of nitrogens with zero attached hydrogens (tertiary/aromatic N) is 3. The van der Waals surface area contributed by atoms with Crippen LogP contribution in [0.25, 0.3) is 0 Å². The Kier molecular flexibility index (Phi) is 27.1. The summed E-state index contributed by atoms with van der Waals surface area (Å²) < 4.78 is 285. The molecule has 0 N–H and O–H groups in total. The number of thioether (sulfide) groups is 2. The first kappa shape index (κ1) is 69.6. The van der Waals surface area contributed by atoms with Gasteiger partial charge in [-0.1, -0.05) is 37.8 Å². The smallest absolute Gasteiger partial charge is 0.379 e. The first-order chi connectivity index (χ1) is 35.6. The Morgan fingerprint density at radius 2 is 1.01 bits per heavy atom. The number of halogens is 17. The molecule has 0 amide bonds. The Morgan fingerprint density at radius 3 is 1.45 bits per heavy atom. The molecule has 2 saturated heterocycles. The van der Waals surface area contributed by atoms with Crippen LogP contribution in [0.5, 0.6) is 0 Å². The fraction of sp³-hybridized carbons (Fsp3) is 0.957. The summed E-state index contributed by atoms with van der Waals surface area (Å²) in [5, 5.41) is 8.56. The molecular formula is C46H70F17N3O9S2. The summed E-state index contributed by atoms with van der Waals surface area (Å²) in [6, 6.07) is -0.440. The Hall–Kier alpha value is -1.71. The van der Waals surface area contributed by atoms with E-state index in [1.165, 1.54) is 0 Å². The van der Waals surface area contributed by atoms with E-state index < -0.39 is 83.5 Å². The van der Waals surface area contributed by atoms with Gasteiger partial charge in [0.25, 0.3) is 0 Å². The Labute approximate surface area is 444 Å². The van der Waals surface area contributed by atoms with Crippen molar-refractivity contribution in [3.05, 3.63) is 11.9 Å². The molecule has 31 heteroatoms. The number of hydrogen-bond acceptors (Lipinski definition) is 13. The highest BCUT2D eigenvalue weighted by molar-refractivity contribution is 7.99. The van der Waals surface area contributed by atoms with Crippen LogP contribution in [0.1, 0.15) is 111 Å². The second kappa shape index (κ2) is 30.0. The van der Waals surface area contributed by atoms with E-state index in [-0.39, 0.29) is 77.2 Å². The maximum Gasteiger partial charge on any atom is 0.460 e. The van der Waals surface area contributed by atoms with Crippen molar-refractivity contribution in [1.29, 1.82) is 0 Å². The van der Waals surface area contributed by atoms with Crippen LogP contribution >= 0.6 is 23.5 Å². The molecule has 1 aromatic heterocycles. The molecule has 3 heterocycles. The van der Waals surface area contributed by atoms with E-state index in [9.17, 15) is 74.6 Å². The zero-order chi connectivity index (χ0) is 58.0. The van der Waals surface area contributed by atoms with Gasteiger partial charge in [0, 0.05) is 19.6 Å². The number of ether oxygens (including phenoxy) is 9. The molecular weight excluding hydrogens is 1130 g/mol. The first-order valence-corrected chi connectivity index (χ1v) is 27.2. The van der Waals surface area contributed by atoms with E-state index in [0.717, 1.165) is 43.6 Å². The molecule has 0 aliphatic carbocycles. The van der Waals surface area contributed by atoms with Crippen LogP contribution in [0.4, 0.5) is 74.6 Å². The molecule has 2 aliphatic heterocycles. The van der Waals surface area contributed by atoms with Crippen LogP contribution in [0.3, 0.4) is 0 Å². The van der Waals surface area contributed by atoms with Gasteiger partial charge in [-0.05, 0) is 82.8 Å². The molecule has 0 aromatic carbocycles. The highest BCUT2D eigenvalue weighted by atomic mass is 32.2. The minimum absolute atomic E-state index is 0.0323. The number of rotatable bonds is 41. The topological polar surface area (TPSA) is 114 Å². The molecule has 3 atom stereocenters. The summed E-state index contributed by atoms with van der Waals surface area (Å²) in [5.74, 6) is -56.8. The number of alkyl halides is 17. The molecule has 0 saturated carbocycles. The predicted molar refractivity (Wildman–Crippen MR) is 248 cm³/mol. The molecule has 1 aromatic rings. The second-order valence-corrected chi connectivity index (χ2v) is 21.8. The van der Waals surface area contributed by atoms with Gasteiger partial charge in [0.15, 0.2) is 11.6 Å². The molecule has 0 bridgehead atoms. The molecule has 0 spiro atoms. The van der Waals surface area contributed by atoms with E-state index in [4.69, 9.17) is 42.6 Å². The lowest BCUT2D eigenvalue weighted by Crippen LogP contribution is -2.74. The Bertz CT molecular complexity index is 1810. The number of aromatic nitrogens is 3. The second-order valence-electron chi connectivity index (χ2n) is 19.4. The molecule has 3 unspecified atom stereocenters. The summed E-state index contributed by atoms with van der Waals surface area (Å²) in [6.45, 7) is 11.9. The lowest BCUT2D eigenvalue weighted by molar-refractivity contribution is -0.461. The SMILES string of the molecule is CCCSCCCCCCOCC(COCCCCCCSCCC(F)(F)C(F)(F)C(F)(F)C(F)(F)C(F)(F)C(F)(F)C(F)(F)C(F)(F)F)n1cc(COC(COCC2COC(C)(C)O2)COCC2COC(C)(C)O2)nn1. The third kappa shape index (κ3) is 19.7. The molecule has 2 aliphatic rings. The van der Waals surface area contributed by atoms with Crippen molar-refractivity contribution in [3.8, 4) is 0 Å². The highest BCUT2D eigenvalue weighted by Gasteiger charge is 2.95. The normalized spacial score (nSPS) is 19.9. The van der Waals surface area contributed by atoms with Gasteiger partial charge in [-0.2, -0.15) is 98.2 Å². The van der Waals surface area contributed by atoms with Crippen molar-refractivity contribution in [2.75, 3.05) is 89.1 Å². The van der Waals surface area contributed by atoms with Gasteiger partial charge < -0.3 is 42.6 Å². The standard InChI is InChI=1S/C46H70F17N3O9S2/c1-6-18-76-19-13-9-7-11-16-67-24-33(66-22-32(64-65-66)23-71-34(26-69-28-35-30-72-37(2,3)74-35)27-70-29-36-31-73-38(4,5)75-36)25-68-17-12-8-10-14-20-77-21-15-39(47,48)40(49,50)41(51,52)42(53,54)43(55,56)44(57,58)45(59,60)46(61,62)63/h22,33-36H,6-21,23-31H2,1-5H3. The average Bonchev–Trinajstić information content (AvgIpc) is 4.05. The number of hydrogen-bond donors (Lipinski definition) is 0. The summed E-state index contributed by atoms with van der Waals surface area (Å²) in [7, 11) is 0. The first-order valence-electron chi connectivity index (χ1n) is 24.9. The average molecular weight is 1200 g/mol. The van der Waals surface area contributed by atoms with Gasteiger partial charge in [-0.3, -0.25) is 0 Å². The van der Waals surface area contributed by atoms with Crippen LogP contribution in [-0.4, -0.2) is 182 Å². The zero-order valence-electron chi connectivity index (χ0n) is 43.3. The van der Waals surface area contributed by atoms with Crippen molar-refractivity contribution in [3.63, 3.8) is 0 Å². The quantitative estimate of drug-likeness (QED) is 0.0458. The van der Waals surface area contributed by atoms with E-state index in [1.54, 1.807) is 38.6 Å². The molecule has 77 heavy (non-hydrogen) atoms. The van der Waals surface area contributed by atoms with Gasteiger partial charge in [0.05, 0.1) is 65.7 Å². The summed E-state index contributed by atoms with van der Waals surface area (Å²) in [6.07, 6.45) is -3.07. The van der Waals surface area contributed by atoms with Gasteiger partial charge in [-0.25, -0.2) is 4.68 Å². The van der Waals surface area contributed by atoms with Crippen molar-refractivity contribution >= 4 is 23.5 Å². The minimum atomic E-state index is -8.64. The molecule has 0 radical (unpaired) electrons. The maximum atomic E-state index is 14.3. The molecule has 454 valence electrons. The van der Waals surface area contributed by atoms with E-state index in [0.29, 0.717) is 56.5 Å². The molecule has 2 fully saturated rings. The zero-order valence-corrected chi connectivity index (χ0v) is 45.0. The van der Waals surface area contributed by atoms with Crippen molar-refractivity contribution in [2.45, 2.75) is 189 Å².